The van der Waals surface area contributed by atoms with Gasteiger partial charge in [0.25, 0.3) is 0 Å². The molecule has 0 unspecified atom stereocenters. The van der Waals surface area contributed by atoms with Gasteiger partial charge in [0.05, 0.1) is 25.0 Å². The zero-order valence-corrected chi connectivity index (χ0v) is 13.4. The van der Waals surface area contributed by atoms with Crippen molar-refractivity contribution in [2.24, 2.45) is 0 Å². The molecule has 22 heavy (non-hydrogen) atoms. The Morgan fingerprint density at radius 1 is 1.05 bits per heavy atom. The van der Waals surface area contributed by atoms with Crippen molar-refractivity contribution >= 4 is 11.3 Å². The molecule has 0 saturated carbocycles. The number of thiazole rings is 1. The number of hydrogen-bond acceptors (Lipinski definition) is 4. The molecule has 0 N–H and O–H groups in total. The monoisotopic (exact) mass is 311 g/mol. The molecule has 0 spiro atoms. The SMILES string of the molecule is CCOc1ccc(-c2csc(-c3ccccc3OC)n2)cc1. The number of methoxy groups -OCH3 is 1. The molecular weight excluding hydrogens is 294 g/mol. The molecule has 0 bridgehead atoms. The molecule has 0 aliphatic rings. The van der Waals surface area contributed by atoms with Crippen LogP contribution in [0.25, 0.3) is 21.8 Å². The fourth-order valence-corrected chi connectivity index (χ4v) is 3.10. The van der Waals surface area contributed by atoms with Crippen LogP contribution in [0.4, 0.5) is 0 Å². The summed E-state index contributed by atoms with van der Waals surface area (Å²) in [6, 6.07) is 16.0. The summed E-state index contributed by atoms with van der Waals surface area (Å²) in [5, 5.41) is 3.03. The Hall–Kier alpha value is -2.33. The summed E-state index contributed by atoms with van der Waals surface area (Å²) in [4.78, 5) is 4.73. The van der Waals surface area contributed by atoms with E-state index < -0.39 is 0 Å². The van der Waals surface area contributed by atoms with Crippen LogP contribution in [0.3, 0.4) is 0 Å². The first-order chi connectivity index (χ1) is 10.8. The molecular formula is C18H17NO2S. The van der Waals surface area contributed by atoms with Gasteiger partial charge in [-0.1, -0.05) is 12.1 Å². The fourth-order valence-electron chi connectivity index (χ4n) is 2.24. The number of ether oxygens (including phenoxy) is 2. The van der Waals surface area contributed by atoms with Gasteiger partial charge in [0.2, 0.25) is 0 Å². The van der Waals surface area contributed by atoms with Crippen LogP contribution >= 0.6 is 11.3 Å². The first-order valence-electron chi connectivity index (χ1n) is 7.14. The summed E-state index contributed by atoms with van der Waals surface area (Å²) in [7, 11) is 1.68. The van der Waals surface area contributed by atoms with Crippen LogP contribution in [0.2, 0.25) is 0 Å². The molecule has 4 heteroatoms. The second-order valence-corrected chi connectivity index (χ2v) is 5.55. The first kappa shape index (κ1) is 14.6. The molecule has 112 valence electrons. The van der Waals surface area contributed by atoms with Crippen molar-refractivity contribution in [1.29, 1.82) is 0 Å². The number of benzene rings is 2. The summed E-state index contributed by atoms with van der Waals surface area (Å²) in [5.41, 5.74) is 3.07. The Kier molecular flexibility index (Phi) is 4.39. The quantitative estimate of drug-likeness (QED) is 0.672. The van der Waals surface area contributed by atoms with Crippen LogP contribution in [0.15, 0.2) is 53.9 Å². The molecule has 2 aromatic carbocycles. The van der Waals surface area contributed by atoms with E-state index in [1.54, 1.807) is 18.4 Å². The molecule has 0 radical (unpaired) electrons. The maximum Gasteiger partial charge on any atom is 0.129 e. The molecule has 1 aromatic heterocycles. The molecule has 0 atom stereocenters. The normalized spacial score (nSPS) is 10.5. The molecule has 0 fully saturated rings. The van der Waals surface area contributed by atoms with Crippen LogP contribution in [0.5, 0.6) is 11.5 Å². The average Bonchev–Trinajstić information content (AvgIpc) is 3.05. The summed E-state index contributed by atoms with van der Waals surface area (Å²) < 4.78 is 10.9. The number of para-hydroxylation sites is 1. The maximum atomic E-state index is 5.47. The van der Waals surface area contributed by atoms with Gasteiger partial charge in [0.15, 0.2) is 0 Å². The molecule has 3 rings (SSSR count). The largest absolute Gasteiger partial charge is 0.496 e. The van der Waals surface area contributed by atoms with E-state index in [9.17, 15) is 0 Å². The molecule has 0 amide bonds. The van der Waals surface area contributed by atoms with Gasteiger partial charge in [-0.05, 0) is 43.3 Å². The van der Waals surface area contributed by atoms with Gasteiger partial charge in [0.1, 0.15) is 16.5 Å². The fraction of sp³-hybridized carbons (Fsp3) is 0.167. The third-order valence-electron chi connectivity index (χ3n) is 3.30. The van der Waals surface area contributed by atoms with E-state index in [0.29, 0.717) is 6.61 Å². The third kappa shape index (κ3) is 2.97. The van der Waals surface area contributed by atoms with E-state index in [-0.39, 0.29) is 0 Å². The predicted molar refractivity (Wildman–Crippen MR) is 90.7 cm³/mol. The Bertz CT molecular complexity index is 750. The van der Waals surface area contributed by atoms with Crippen LogP contribution in [0, 0.1) is 0 Å². The van der Waals surface area contributed by atoms with Crippen molar-refractivity contribution in [2.45, 2.75) is 6.92 Å². The number of hydrogen-bond donors (Lipinski definition) is 0. The topological polar surface area (TPSA) is 31.4 Å². The Morgan fingerprint density at radius 2 is 1.82 bits per heavy atom. The Labute approximate surface area is 134 Å². The lowest BCUT2D eigenvalue weighted by Gasteiger charge is -2.05. The molecule has 3 aromatic rings. The molecule has 0 saturated heterocycles. The predicted octanol–water partition coefficient (Wildman–Crippen LogP) is 4.88. The molecule has 0 aliphatic carbocycles. The van der Waals surface area contributed by atoms with Crippen molar-refractivity contribution in [3.63, 3.8) is 0 Å². The zero-order chi connectivity index (χ0) is 15.4. The van der Waals surface area contributed by atoms with Gasteiger partial charge >= 0.3 is 0 Å². The lowest BCUT2D eigenvalue weighted by atomic mass is 10.1. The van der Waals surface area contributed by atoms with E-state index in [1.165, 1.54) is 0 Å². The van der Waals surface area contributed by atoms with Crippen molar-refractivity contribution in [3.8, 4) is 33.3 Å². The lowest BCUT2D eigenvalue weighted by Crippen LogP contribution is -1.90. The summed E-state index contributed by atoms with van der Waals surface area (Å²) in [6.07, 6.45) is 0. The minimum atomic E-state index is 0.675. The van der Waals surface area contributed by atoms with Gasteiger partial charge < -0.3 is 9.47 Å². The third-order valence-corrected chi connectivity index (χ3v) is 4.18. The van der Waals surface area contributed by atoms with E-state index in [1.807, 2.05) is 55.5 Å². The van der Waals surface area contributed by atoms with Crippen LogP contribution in [-0.2, 0) is 0 Å². The van der Waals surface area contributed by atoms with Gasteiger partial charge in [-0.25, -0.2) is 4.98 Å². The lowest BCUT2D eigenvalue weighted by molar-refractivity contribution is 0.340. The van der Waals surface area contributed by atoms with Gasteiger partial charge in [0, 0.05) is 10.9 Å². The summed E-state index contributed by atoms with van der Waals surface area (Å²) in [6.45, 7) is 2.65. The molecule has 3 nitrogen and oxygen atoms in total. The van der Waals surface area contributed by atoms with E-state index in [0.717, 1.165) is 33.3 Å². The van der Waals surface area contributed by atoms with Crippen molar-refractivity contribution < 1.29 is 9.47 Å². The number of rotatable bonds is 5. The summed E-state index contributed by atoms with van der Waals surface area (Å²) >= 11 is 1.62. The minimum Gasteiger partial charge on any atom is -0.496 e. The van der Waals surface area contributed by atoms with Crippen LogP contribution < -0.4 is 9.47 Å². The highest BCUT2D eigenvalue weighted by Gasteiger charge is 2.10. The minimum absolute atomic E-state index is 0.675. The van der Waals surface area contributed by atoms with Gasteiger partial charge in [-0.2, -0.15) is 0 Å². The van der Waals surface area contributed by atoms with Gasteiger partial charge in [-0.3, -0.25) is 0 Å². The average molecular weight is 311 g/mol. The zero-order valence-electron chi connectivity index (χ0n) is 12.6. The number of nitrogens with zero attached hydrogens (tertiary/aromatic N) is 1. The number of aromatic nitrogens is 1. The van der Waals surface area contributed by atoms with Gasteiger partial charge in [-0.15, -0.1) is 11.3 Å². The van der Waals surface area contributed by atoms with E-state index in [2.05, 4.69) is 5.38 Å². The van der Waals surface area contributed by atoms with Crippen LogP contribution in [0.1, 0.15) is 6.92 Å². The maximum absolute atomic E-state index is 5.47. The van der Waals surface area contributed by atoms with Crippen molar-refractivity contribution in [2.75, 3.05) is 13.7 Å². The van der Waals surface area contributed by atoms with Crippen molar-refractivity contribution in [1.82, 2.24) is 4.98 Å². The highest BCUT2D eigenvalue weighted by atomic mass is 32.1. The van der Waals surface area contributed by atoms with Crippen LogP contribution in [-0.4, -0.2) is 18.7 Å². The second-order valence-electron chi connectivity index (χ2n) is 4.70. The highest BCUT2D eigenvalue weighted by molar-refractivity contribution is 7.13. The van der Waals surface area contributed by atoms with E-state index in [4.69, 9.17) is 14.5 Å². The smallest absolute Gasteiger partial charge is 0.129 e. The molecule has 1 heterocycles. The first-order valence-corrected chi connectivity index (χ1v) is 8.02. The summed E-state index contributed by atoms with van der Waals surface area (Å²) in [5.74, 6) is 1.72. The van der Waals surface area contributed by atoms with E-state index >= 15 is 0 Å². The Balaban J connectivity index is 1.90. The Morgan fingerprint density at radius 3 is 2.55 bits per heavy atom. The standard InChI is InChI=1S/C18H17NO2S/c1-3-21-14-10-8-13(9-11-14)16-12-22-18(19-16)15-6-4-5-7-17(15)20-2/h4-12H,3H2,1-2H3. The highest BCUT2D eigenvalue weighted by Crippen LogP contribution is 2.34. The molecule has 0 aliphatic heterocycles. The van der Waals surface area contributed by atoms with Crippen molar-refractivity contribution in [3.05, 3.63) is 53.9 Å². The second kappa shape index (κ2) is 6.62.